The predicted molar refractivity (Wildman–Crippen MR) is 173 cm³/mol. The summed E-state index contributed by atoms with van der Waals surface area (Å²) < 4.78 is 37.2. The highest BCUT2D eigenvalue weighted by atomic mass is 32.3. The van der Waals surface area contributed by atoms with E-state index in [1.807, 2.05) is 24.3 Å². The van der Waals surface area contributed by atoms with Crippen LogP contribution in [-0.2, 0) is 29.5 Å². The van der Waals surface area contributed by atoms with Gasteiger partial charge >= 0.3 is 22.3 Å². The van der Waals surface area contributed by atoms with Crippen LogP contribution in [0.2, 0.25) is 0 Å². The van der Waals surface area contributed by atoms with Crippen LogP contribution in [0.15, 0.2) is 36.5 Å². The summed E-state index contributed by atoms with van der Waals surface area (Å²) in [6, 6.07) is 7.97. The monoisotopic (exact) mass is 667 g/mol. The second-order valence-corrected chi connectivity index (χ2v) is 12.1. The van der Waals surface area contributed by atoms with Crippen molar-refractivity contribution >= 4 is 45.1 Å². The van der Waals surface area contributed by atoms with Gasteiger partial charge in [-0.2, -0.15) is 8.42 Å². The number of esters is 1. The molecule has 13 nitrogen and oxygen atoms in total. The maximum Gasteiger partial charge on any atom is 0.394 e. The lowest BCUT2D eigenvalue weighted by Gasteiger charge is -2.22. The number of unbranched alkanes of at least 4 members (excludes halogenated alkanes) is 10. The second-order valence-electron chi connectivity index (χ2n) is 11.2. The molecule has 0 fully saturated rings. The van der Waals surface area contributed by atoms with E-state index in [2.05, 4.69) is 17.2 Å². The van der Waals surface area contributed by atoms with E-state index in [-0.39, 0.29) is 31.2 Å². The van der Waals surface area contributed by atoms with Crippen LogP contribution in [0.4, 0.5) is 0 Å². The van der Waals surface area contributed by atoms with Crippen LogP contribution in [0.3, 0.4) is 0 Å². The molecule has 2 rings (SSSR count). The van der Waals surface area contributed by atoms with Crippen molar-refractivity contribution in [2.45, 2.75) is 122 Å². The largest absolute Gasteiger partial charge is 0.481 e. The summed E-state index contributed by atoms with van der Waals surface area (Å²) in [5, 5.41) is 12.5. The van der Waals surface area contributed by atoms with Crippen LogP contribution < -0.4 is 11.1 Å². The molecular weight excluding hydrogens is 618 g/mol. The third-order valence-electron chi connectivity index (χ3n) is 7.17. The van der Waals surface area contributed by atoms with Gasteiger partial charge in [0.25, 0.3) is 5.91 Å². The number of rotatable bonds is 22. The highest BCUT2D eigenvalue weighted by molar-refractivity contribution is 7.79. The molecule has 0 bridgehead atoms. The molecule has 1 heterocycles. The molecule has 1 aromatic carbocycles. The van der Waals surface area contributed by atoms with Crippen molar-refractivity contribution in [3.8, 4) is 0 Å². The fourth-order valence-corrected chi connectivity index (χ4v) is 4.85. The number of benzene rings is 1. The smallest absolute Gasteiger partial charge is 0.394 e. The SMILES string of the molecule is CCCCCCCCCCCCC[C@@H](CC(N)=O)OC(=O)[C@H](CCCC(=O)O)NC(=O)c1cnc2ccccc2c1.O=S(=O)(O)O. The first-order valence-electron chi connectivity index (χ1n) is 15.9. The molecule has 258 valence electrons. The van der Waals surface area contributed by atoms with Crippen LogP contribution in [0.5, 0.6) is 0 Å². The van der Waals surface area contributed by atoms with E-state index in [9.17, 15) is 19.2 Å². The number of carboxylic acids is 1. The Morgan fingerprint density at radius 2 is 1.46 bits per heavy atom. The van der Waals surface area contributed by atoms with Crippen molar-refractivity contribution in [3.05, 3.63) is 42.1 Å². The predicted octanol–water partition coefficient (Wildman–Crippen LogP) is 5.42. The minimum absolute atomic E-state index is 0.0830. The van der Waals surface area contributed by atoms with Crippen LogP contribution in [0.1, 0.15) is 120 Å². The van der Waals surface area contributed by atoms with Crippen molar-refractivity contribution in [3.63, 3.8) is 0 Å². The van der Waals surface area contributed by atoms with E-state index >= 15 is 0 Å². The molecule has 1 aromatic heterocycles. The van der Waals surface area contributed by atoms with Crippen molar-refractivity contribution in [1.29, 1.82) is 0 Å². The Balaban J connectivity index is 0.00000195. The third kappa shape index (κ3) is 20.4. The van der Waals surface area contributed by atoms with Crippen molar-refractivity contribution < 1.29 is 46.5 Å². The number of pyridine rings is 1. The van der Waals surface area contributed by atoms with Crippen LogP contribution in [0, 0.1) is 0 Å². The Morgan fingerprint density at radius 1 is 0.891 bits per heavy atom. The van der Waals surface area contributed by atoms with Gasteiger partial charge in [-0.15, -0.1) is 0 Å². The van der Waals surface area contributed by atoms with Gasteiger partial charge in [0, 0.05) is 18.0 Å². The van der Waals surface area contributed by atoms with E-state index < -0.39 is 46.3 Å². The van der Waals surface area contributed by atoms with Crippen LogP contribution in [0.25, 0.3) is 10.9 Å². The average molecular weight is 668 g/mol. The molecule has 0 unspecified atom stereocenters. The van der Waals surface area contributed by atoms with Gasteiger partial charge in [-0.3, -0.25) is 28.5 Å². The van der Waals surface area contributed by atoms with Crippen molar-refractivity contribution in [1.82, 2.24) is 10.3 Å². The van der Waals surface area contributed by atoms with Crippen LogP contribution >= 0.6 is 0 Å². The molecule has 0 aliphatic carbocycles. The fourth-order valence-electron chi connectivity index (χ4n) is 4.85. The zero-order valence-electron chi connectivity index (χ0n) is 26.6. The summed E-state index contributed by atoms with van der Waals surface area (Å²) >= 11 is 0. The summed E-state index contributed by atoms with van der Waals surface area (Å²) in [5.74, 6) is -2.78. The van der Waals surface area contributed by atoms with E-state index in [4.69, 9.17) is 33.1 Å². The highest BCUT2D eigenvalue weighted by Crippen LogP contribution is 2.17. The van der Waals surface area contributed by atoms with Gasteiger partial charge in [-0.05, 0) is 37.8 Å². The number of aliphatic carboxylic acids is 1. The zero-order chi connectivity index (χ0) is 34.4. The van der Waals surface area contributed by atoms with Gasteiger partial charge in [0.15, 0.2) is 0 Å². The van der Waals surface area contributed by atoms with Gasteiger partial charge in [0.1, 0.15) is 12.1 Å². The lowest BCUT2D eigenvalue weighted by atomic mass is 10.0. The molecule has 0 saturated carbocycles. The summed E-state index contributed by atoms with van der Waals surface area (Å²) in [6.07, 6.45) is 14.2. The summed E-state index contributed by atoms with van der Waals surface area (Å²) in [6.45, 7) is 2.22. The summed E-state index contributed by atoms with van der Waals surface area (Å²) in [5.41, 5.74) is 6.42. The van der Waals surface area contributed by atoms with E-state index in [1.165, 1.54) is 51.1 Å². The van der Waals surface area contributed by atoms with E-state index in [0.717, 1.165) is 36.6 Å². The third-order valence-corrected chi connectivity index (χ3v) is 7.17. The molecule has 2 aromatic rings. The lowest BCUT2D eigenvalue weighted by Crippen LogP contribution is -2.43. The number of ether oxygens (including phenoxy) is 1. The molecule has 14 heteroatoms. The Morgan fingerprint density at radius 3 is 2.02 bits per heavy atom. The van der Waals surface area contributed by atoms with Gasteiger partial charge in [-0.25, -0.2) is 4.79 Å². The maximum absolute atomic E-state index is 13.1. The first-order valence-corrected chi connectivity index (χ1v) is 17.3. The minimum Gasteiger partial charge on any atom is -0.481 e. The number of carboxylic acid groups (broad SMARTS) is 1. The van der Waals surface area contributed by atoms with Crippen LogP contribution in [-0.4, -0.2) is 63.5 Å². The number of para-hydroxylation sites is 1. The number of nitrogens with zero attached hydrogens (tertiary/aromatic N) is 1. The summed E-state index contributed by atoms with van der Waals surface area (Å²) in [4.78, 5) is 53.1. The number of nitrogens with one attached hydrogen (secondary N) is 1. The number of carbonyl (C=O) groups excluding carboxylic acids is 3. The van der Waals surface area contributed by atoms with Gasteiger partial charge in [-0.1, -0.05) is 89.3 Å². The maximum atomic E-state index is 13.1. The molecule has 2 amide bonds. The topological polar surface area (TPSA) is 223 Å². The molecule has 0 saturated heterocycles. The van der Waals surface area contributed by atoms with Gasteiger partial charge < -0.3 is 20.9 Å². The number of hydrogen-bond donors (Lipinski definition) is 5. The molecule has 46 heavy (non-hydrogen) atoms. The van der Waals surface area contributed by atoms with Crippen molar-refractivity contribution in [2.24, 2.45) is 5.73 Å². The van der Waals surface area contributed by atoms with Gasteiger partial charge in [0.05, 0.1) is 17.5 Å². The summed E-state index contributed by atoms with van der Waals surface area (Å²) in [7, 11) is -4.67. The first kappa shape index (κ1) is 40.4. The van der Waals surface area contributed by atoms with E-state index in [1.54, 1.807) is 6.07 Å². The number of amides is 2. The van der Waals surface area contributed by atoms with Crippen molar-refractivity contribution in [2.75, 3.05) is 0 Å². The quantitative estimate of drug-likeness (QED) is 0.0605. The number of nitrogens with two attached hydrogens (primary N) is 1. The molecule has 0 spiro atoms. The zero-order valence-corrected chi connectivity index (χ0v) is 27.4. The number of aromatic nitrogens is 1. The number of carbonyl (C=O) groups is 4. The Labute approximate surface area is 271 Å². The van der Waals surface area contributed by atoms with Gasteiger partial charge in [0.2, 0.25) is 5.91 Å². The average Bonchev–Trinajstić information content (AvgIpc) is 2.97. The molecule has 6 N–H and O–H groups in total. The Kier molecular flexibility index (Phi) is 20.0. The number of primary amides is 1. The molecule has 0 aliphatic rings. The Hall–Kier alpha value is -3.62. The normalized spacial score (nSPS) is 12.4. The molecule has 0 aliphatic heterocycles. The highest BCUT2D eigenvalue weighted by Gasteiger charge is 2.27. The second kappa shape index (κ2) is 22.8. The lowest BCUT2D eigenvalue weighted by molar-refractivity contribution is -0.153. The molecular formula is C32H49N3O10S. The number of hydrogen-bond acceptors (Lipinski definition) is 8. The van der Waals surface area contributed by atoms with E-state index in [0.29, 0.717) is 6.42 Å². The fraction of sp³-hybridized carbons (Fsp3) is 0.594. The first-order chi connectivity index (χ1) is 21.8. The number of fused-ring (bicyclic) bond motifs is 1. The molecule has 2 atom stereocenters. The standard InChI is InChI=1S/C32H47N3O6.H2O4S/c1-2-3-4-5-6-7-8-9-10-11-12-17-26(22-29(33)36)41-32(40)28(19-15-20-30(37)38)35-31(39)25-21-24-16-13-14-18-27(24)34-23-25;1-5(2,3)4/h13-14,16,18,21,23,26,28H,2-12,15,17,19-20,22H2,1H3,(H2,33,36)(H,35,39)(H,37,38);(H2,1,2,3,4)/t26-,28-;/m0./s1. The minimum atomic E-state index is -4.67. The molecule has 0 radical (unpaired) electrons. The Bertz CT molecular complexity index is 1330.